The highest BCUT2D eigenvalue weighted by molar-refractivity contribution is 4.49. The van der Waals surface area contributed by atoms with Gasteiger partial charge < -0.3 is 14.6 Å². The number of hydrogen-bond donors (Lipinski definition) is 1. The molecule has 2 heterocycles. The lowest BCUT2D eigenvalue weighted by Crippen LogP contribution is -2.30. The van der Waals surface area contributed by atoms with E-state index in [1.165, 1.54) is 12.5 Å². The molecule has 1 aromatic heterocycles. The second-order valence-electron chi connectivity index (χ2n) is 1.95. The Morgan fingerprint density at radius 2 is 2.09 bits per heavy atom. The zero-order valence-corrected chi connectivity index (χ0v) is 6.19. The van der Waals surface area contributed by atoms with Gasteiger partial charge in [-0.25, -0.2) is 0 Å². The van der Waals surface area contributed by atoms with Gasteiger partial charge >= 0.3 is 0 Å². The second-order valence-corrected chi connectivity index (χ2v) is 1.95. The van der Waals surface area contributed by atoms with Crippen molar-refractivity contribution in [3.8, 4) is 0 Å². The van der Waals surface area contributed by atoms with E-state index in [0.717, 1.165) is 26.3 Å². The summed E-state index contributed by atoms with van der Waals surface area (Å²) in [4.78, 5) is 0. The Hall–Kier alpha value is -0.940. The van der Waals surface area contributed by atoms with Gasteiger partial charge in [-0.1, -0.05) is 0 Å². The minimum Gasteiger partial charge on any atom is -0.379 e. The van der Waals surface area contributed by atoms with Gasteiger partial charge in [-0.2, -0.15) is 0 Å². The fourth-order valence-electron chi connectivity index (χ4n) is 0.652. The first-order valence-corrected chi connectivity index (χ1v) is 3.49. The first-order chi connectivity index (χ1) is 5.50. The maximum absolute atomic E-state index is 5.01. The third-order valence-corrected chi connectivity index (χ3v) is 1.13. The topological polar surface area (TPSA) is 60.2 Å². The van der Waals surface area contributed by atoms with Gasteiger partial charge in [0.15, 0.2) is 0 Å². The van der Waals surface area contributed by atoms with Crippen molar-refractivity contribution in [1.82, 2.24) is 15.7 Å². The largest absolute Gasteiger partial charge is 0.379 e. The average molecular weight is 157 g/mol. The molecule has 1 N–H and O–H groups in total. The molecule has 1 aliphatic rings. The van der Waals surface area contributed by atoms with E-state index in [1.807, 2.05) is 0 Å². The number of rotatable bonds is 0. The monoisotopic (exact) mass is 157 g/mol. The summed E-state index contributed by atoms with van der Waals surface area (Å²) < 4.78 is 9.23. The molecule has 0 radical (unpaired) electrons. The fourth-order valence-corrected chi connectivity index (χ4v) is 0.652. The highest BCUT2D eigenvalue weighted by Crippen LogP contribution is 1.76. The molecule has 11 heavy (non-hydrogen) atoms. The van der Waals surface area contributed by atoms with Crippen LogP contribution in [0.5, 0.6) is 0 Å². The van der Waals surface area contributed by atoms with Crippen molar-refractivity contribution in [2.24, 2.45) is 0 Å². The van der Waals surface area contributed by atoms with E-state index >= 15 is 0 Å². The molecule has 0 aliphatic carbocycles. The summed E-state index contributed by atoms with van der Waals surface area (Å²) in [5.41, 5.74) is 0. The lowest BCUT2D eigenvalue weighted by molar-refractivity contribution is 0.109. The van der Waals surface area contributed by atoms with Crippen molar-refractivity contribution in [3.05, 3.63) is 12.5 Å². The van der Waals surface area contributed by atoms with Crippen LogP contribution in [0.1, 0.15) is 0 Å². The zero-order chi connectivity index (χ0) is 7.78. The molecule has 0 bridgehead atoms. The second kappa shape index (κ2) is 5.82. The quantitative estimate of drug-likeness (QED) is 0.559. The lowest BCUT2D eigenvalue weighted by Gasteiger charge is -2.10. The third-order valence-electron chi connectivity index (χ3n) is 1.13. The molecule has 0 spiro atoms. The van der Waals surface area contributed by atoms with Crippen LogP contribution in [0, 0.1) is 0 Å². The number of aromatic nitrogens is 2. The fraction of sp³-hybridized carbons (Fsp3) is 0.667. The van der Waals surface area contributed by atoms with Crippen molar-refractivity contribution in [2.75, 3.05) is 26.3 Å². The van der Waals surface area contributed by atoms with Crippen LogP contribution in [0.3, 0.4) is 0 Å². The maximum Gasteiger partial charge on any atom is 0.144 e. The highest BCUT2D eigenvalue weighted by atomic mass is 16.5. The van der Waals surface area contributed by atoms with E-state index in [4.69, 9.17) is 4.74 Å². The molecule has 0 amide bonds. The van der Waals surface area contributed by atoms with Crippen molar-refractivity contribution < 1.29 is 9.26 Å². The lowest BCUT2D eigenvalue weighted by atomic mass is 10.5. The van der Waals surface area contributed by atoms with Crippen molar-refractivity contribution in [1.29, 1.82) is 0 Å². The first-order valence-electron chi connectivity index (χ1n) is 3.49. The molecule has 5 nitrogen and oxygen atoms in total. The molecule has 1 aliphatic heterocycles. The van der Waals surface area contributed by atoms with Crippen LogP contribution in [0.2, 0.25) is 0 Å². The molecule has 0 unspecified atom stereocenters. The summed E-state index contributed by atoms with van der Waals surface area (Å²) in [6, 6.07) is 0. The summed E-state index contributed by atoms with van der Waals surface area (Å²) >= 11 is 0. The molecule has 1 aromatic rings. The van der Waals surface area contributed by atoms with Gasteiger partial charge in [-0.05, 0) is 0 Å². The van der Waals surface area contributed by atoms with Gasteiger partial charge in [-0.15, -0.1) is 5.10 Å². The molecule has 2 rings (SSSR count). The van der Waals surface area contributed by atoms with Gasteiger partial charge in [0.05, 0.1) is 19.4 Å². The van der Waals surface area contributed by atoms with Gasteiger partial charge in [0.1, 0.15) is 6.26 Å². The number of nitrogens with one attached hydrogen (secondary N) is 1. The highest BCUT2D eigenvalue weighted by Gasteiger charge is 1.92. The van der Waals surface area contributed by atoms with Crippen LogP contribution in [-0.2, 0) is 4.74 Å². The maximum atomic E-state index is 5.01. The van der Waals surface area contributed by atoms with Crippen molar-refractivity contribution >= 4 is 0 Å². The Morgan fingerprint density at radius 3 is 2.27 bits per heavy atom. The Morgan fingerprint density at radius 1 is 1.27 bits per heavy atom. The molecule has 0 aromatic carbocycles. The van der Waals surface area contributed by atoms with Gasteiger partial charge in [-0.3, -0.25) is 0 Å². The van der Waals surface area contributed by atoms with E-state index in [0.29, 0.717) is 0 Å². The summed E-state index contributed by atoms with van der Waals surface area (Å²) in [5.74, 6) is 0. The molecular formula is C6H11N3O2. The molecule has 0 saturated carbocycles. The van der Waals surface area contributed by atoms with Crippen LogP contribution in [0.4, 0.5) is 0 Å². The van der Waals surface area contributed by atoms with Crippen molar-refractivity contribution in [3.63, 3.8) is 0 Å². The molecule has 0 atom stereocenters. The minimum atomic E-state index is 0.889. The van der Waals surface area contributed by atoms with Crippen LogP contribution in [-0.4, -0.2) is 36.7 Å². The Labute approximate surface area is 64.7 Å². The standard InChI is InChI=1S/C4H9NO.C2H2N2O/c1-3-6-4-2-5-1;1-2-5-4-3-1/h5H,1-4H2;1-2H. The number of ether oxygens (including phenoxy) is 1. The molecule has 5 heteroatoms. The Bertz CT molecular complexity index is 122. The van der Waals surface area contributed by atoms with E-state index < -0.39 is 0 Å². The average Bonchev–Trinajstić information content (AvgIpc) is 2.64. The molecule has 1 saturated heterocycles. The minimum absolute atomic E-state index is 0.889. The third kappa shape index (κ3) is 4.46. The summed E-state index contributed by atoms with van der Waals surface area (Å²) in [7, 11) is 0. The molecular weight excluding hydrogens is 146 g/mol. The van der Waals surface area contributed by atoms with Crippen LogP contribution in [0.25, 0.3) is 0 Å². The predicted octanol–water partition coefficient (Wildman–Crippen LogP) is -0.324. The Kier molecular flexibility index (Phi) is 4.31. The van der Waals surface area contributed by atoms with Gasteiger partial charge in [0, 0.05) is 18.4 Å². The normalized spacial score (nSPS) is 16.7. The summed E-state index contributed by atoms with van der Waals surface area (Å²) in [6.45, 7) is 3.83. The van der Waals surface area contributed by atoms with E-state index in [2.05, 4.69) is 20.2 Å². The van der Waals surface area contributed by atoms with Crippen molar-refractivity contribution in [2.45, 2.75) is 0 Å². The van der Waals surface area contributed by atoms with E-state index in [-0.39, 0.29) is 0 Å². The van der Waals surface area contributed by atoms with Crippen LogP contribution < -0.4 is 5.32 Å². The Balaban J connectivity index is 0.000000112. The molecule has 62 valence electrons. The van der Waals surface area contributed by atoms with Gasteiger partial charge in [0.2, 0.25) is 0 Å². The number of morpholine rings is 1. The number of nitrogens with zero attached hydrogens (tertiary/aromatic N) is 2. The summed E-state index contributed by atoms with van der Waals surface area (Å²) in [5, 5.41) is 9.56. The SMILES string of the molecule is C1COCCN1.c1conn1. The van der Waals surface area contributed by atoms with E-state index in [9.17, 15) is 0 Å². The van der Waals surface area contributed by atoms with Gasteiger partial charge in [0.25, 0.3) is 0 Å². The zero-order valence-electron chi connectivity index (χ0n) is 6.19. The smallest absolute Gasteiger partial charge is 0.144 e. The summed E-state index contributed by atoms with van der Waals surface area (Å²) in [6.07, 6.45) is 2.88. The number of hydrogen-bond acceptors (Lipinski definition) is 5. The van der Waals surface area contributed by atoms with Crippen LogP contribution >= 0.6 is 0 Å². The van der Waals surface area contributed by atoms with Crippen LogP contribution in [0.15, 0.2) is 17.0 Å². The van der Waals surface area contributed by atoms with E-state index in [1.54, 1.807) is 0 Å². The predicted molar refractivity (Wildman–Crippen MR) is 38.0 cm³/mol. The first kappa shape index (κ1) is 8.16. The molecule has 1 fully saturated rings.